The molecule has 1 N–H and O–H groups in total. The fourth-order valence-corrected chi connectivity index (χ4v) is 5.30. The lowest BCUT2D eigenvalue weighted by Crippen LogP contribution is -2.33. The van der Waals surface area contributed by atoms with Gasteiger partial charge in [-0.1, -0.05) is 82.3 Å². The number of ether oxygens (including phenoxy) is 1. The summed E-state index contributed by atoms with van der Waals surface area (Å²) in [6.45, 7) is 11.3. The van der Waals surface area contributed by atoms with Crippen LogP contribution in [0.5, 0.6) is 5.75 Å². The second kappa shape index (κ2) is 9.23. The van der Waals surface area contributed by atoms with Crippen molar-refractivity contribution < 1.29 is 4.74 Å². The topological polar surface area (TPSA) is 21.3 Å². The van der Waals surface area contributed by atoms with Gasteiger partial charge < -0.3 is 10.1 Å². The van der Waals surface area contributed by atoms with Crippen molar-refractivity contribution in [1.29, 1.82) is 0 Å². The van der Waals surface area contributed by atoms with Gasteiger partial charge >= 0.3 is 0 Å². The van der Waals surface area contributed by atoms with Crippen molar-refractivity contribution in [2.75, 3.05) is 13.2 Å². The Bertz CT molecular complexity index is 1140. The van der Waals surface area contributed by atoms with Crippen LogP contribution in [0.3, 0.4) is 0 Å². The molecule has 2 aliphatic carbocycles. The first kappa shape index (κ1) is 23.2. The van der Waals surface area contributed by atoms with Gasteiger partial charge in [0.1, 0.15) is 5.75 Å². The molecule has 0 atom stereocenters. The summed E-state index contributed by atoms with van der Waals surface area (Å²) in [5.41, 5.74) is 8.33. The SMILES string of the molecule is CC1(C)CCC(C)(C)c2cc(-c3cc(-c4ccccc4)ccc3OCCCNC3CC3)ccc21. The van der Waals surface area contributed by atoms with Crippen LogP contribution >= 0.6 is 0 Å². The molecule has 2 aliphatic rings. The molecule has 3 aromatic carbocycles. The van der Waals surface area contributed by atoms with Gasteiger partial charge in [0, 0.05) is 11.6 Å². The number of hydrogen-bond acceptors (Lipinski definition) is 2. The highest BCUT2D eigenvalue weighted by Crippen LogP contribution is 2.47. The number of nitrogens with one attached hydrogen (secondary N) is 1. The Morgan fingerprint density at radius 1 is 0.765 bits per heavy atom. The fraction of sp³-hybridized carbons (Fsp3) is 0.438. The zero-order valence-corrected chi connectivity index (χ0v) is 21.3. The van der Waals surface area contributed by atoms with E-state index < -0.39 is 0 Å². The molecule has 5 rings (SSSR count). The zero-order chi connectivity index (χ0) is 23.8. The molecule has 1 fully saturated rings. The molecule has 0 aliphatic heterocycles. The molecule has 3 aromatic rings. The van der Waals surface area contributed by atoms with E-state index in [0.29, 0.717) is 0 Å². The van der Waals surface area contributed by atoms with Crippen LogP contribution in [0.1, 0.15) is 70.9 Å². The highest BCUT2D eigenvalue weighted by Gasteiger charge is 2.37. The number of hydrogen-bond donors (Lipinski definition) is 1. The summed E-state index contributed by atoms with van der Waals surface area (Å²) in [6.07, 6.45) is 6.15. The van der Waals surface area contributed by atoms with Crippen molar-refractivity contribution in [2.24, 2.45) is 0 Å². The van der Waals surface area contributed by atoms with Crippen LogP contribution in [-0.4, -0.2) is 19.2 Å². The lowest BCUT2D eigenvalue weighted by atomic mass is 9.63. The third kappa shape index (κ3) is 4.93. The van der Waals surface area contributed by atoms with Crippen LogP contribution < -0.4 is 10.1 Å². The van der Waals surface area contributed by atoms with Gasteiger partial charge in [0.2, 0.25) is 0 Å². The first-order valence-corrected chi connectivity index (χ1v) is 13.0. The molecule has 0 bridgehead atoms. The van der Waals surface area contributed by atoms with E-state index in [-0.39, 0.29) is 10.8 Å². The molecule has 0 unspecified atom stereocenters. The van der Waals surface area contributed by atoms with E-state index in [1.807, 2.05) is 0 Å². The highest BCUT2D eigenvalue weighted by molar-refractivity contribution is 5.78. The molecular formula is C32H39NO. The normalized spacial score (nSPS) is 18.4. The quantitative estimate of drug-likeness (QED) is 0.350. The molecule has 0 heterocycles. The maximum absolute atomic E-state index is 6.38. The van der Waals surface area contributed by atoms with Crippen molar-refractivity contribution in [3.63, 3.8) is 0 Å². The molecule has 1 saturated carbocycles. The van der Waals surface area contributed by atoms with Gasteiger partial charge in [-0.05, 0) is 89.4 Å². The van der Waals surface area contributed by atoms with E-state index in [2.05, 4.69) is 99.7 Å². The predicted molar refractivity (Wildman–Crippen MR) is 144 cm³/mol. The summed E-state index contributed by atoms with van der Waals surface area (Å²) in [5, 5.41) is 3.59. The van der Waals surface area contributed by atoms with Crippen LogP contribution in [0.25, 0.3) is 22.3 Å². The second-order valence-electron chi connectivity index (χ2n) is 11.5. The number of benzene rings is 3. The molecule has 0 aromatic heterocycles. The van der Waals surface area contributed by atoms with Crippen LogP contribution in [0.2, 0.25) is 0 Å². The first-order chi connectivity index (χ1) is 16.3. The van der Waals surface area contributed by atoms with Gasteiger partial charge in [0.05, 0.1) is 6.61 Å². The minimum absolute atomic E-state index is 0.188. The zero-order valence-electron chi connectivity index (χ0n) is 21.3. The molecule has 2 heteroatoms. The van der Waals surface area contributed by atoms with Gasteiger partial charge in [-0.15, -0.1) is 0 Å². The lowest BCUT2D eigenvalue weighted by molar-refractivity contribution is 0.309. The van der Waals surface area contributed by atoms with Crippen molar-refractivity contribution in [3.8, 4) is 28.0 Å². The van der Waals surface area contributed by atoms with E-state index in [1.165, 1.54) is 59.1 Å². The minimum atomic E-state index is 0.188. The smallest absolute Gasteiger partial charge is 0.127 e. The molecule has 178 valence electrons. The summed E-state index contributed by atoms with van der Waals surface area (Å²) < 4.78 is 6.38. The summed E-state index contributed by atoms with van der Waals surface area (Å²) in [7, 11) is 0. The Hall–Kier alpha value is -2.58. The van der Waals surface area contributed by atoms with Crippen LogP contribution in [0.4, 0.5) is 0 Å². The van der Waals surface area contributed by atoms with Crippen LogP contribution in [-0.2, 0) is 10.8 Å². The fourth-order valence-electron chi connectivity index (χ4n) is 5.30. The van der Waals surface area contributed by atoms with E-state index in [0.717, 1.165) is 31.4 Å². The Morgan fingerprint density at radius 2 is 1.47 bits per heavy atom. The Morgan fingerprint density at radius 3 is 2.21 bits per heavy atom. The summed E-state index contributed by atoms with van der Waals surface area (Å²) in [5.74, 6) is 0.985. The van der Waals surface area contributed by atoms with Crippen molar-refractivity contribution >= 4 is 0 Å². The molecule has 0 saturated heterocycles. The van der Waals surface area contributed by atoms with Gasteiger partial charge in [0.25, 0.3) is 0 Å². The molecule has 2 nitrogen and oxygen atoms in total. The van der Waals surface area contributed by atoms with Crippen molar-refractivity contribution in [2.45, 2.75) is 76.7 Å². The summed E-state index contributed by atoms with van der Waals surface area (Å²) in [6, 6.07) is 25.2. The second-order valence-corrected chi connectivity index (χ2v) is 11.5. The van der Waals surface area contributed by atoms with Gasteiger partial charge in [-0.2, -0.15) is 0 Å². The van der Waals surface area contributed by atoms with Gasteiger partial charge in [-0.3, -0.25) is 0 Å². The van der Waals surface area contributed by atoms with Crippen LogP contribution in [0.15, 0.2) is 66.7 Å². The third-order valence-electron chi connectivity index (χ3n) is 7.84. The lowest BCUT2D eigenvalue weighted by Gasteiger charge is -2.42. The van der Waals surface area contributed by atoms with Gasteiger partial charge in [0.15, 0.2) is 0 Å². The molecule has 0 spiro atoms. The predicted octanol–water partition coefficient (Wildman–Crippen LogP) is 7.89. The standard InChI is InChI=1S/C32H39NO/c1-31(2)17-18-32(3,4)29-22-25(11-15-28(29)31)27-21-24(23-9-6-5-7-10-23)12-16-30(27)34-20-8-19-33-26-13-14-26/h5-7,9-12,15-16,21-22,26,33H,8,13-14,17-20H2,1-4H3. The third-order valence-corrected chi connectivity index (χ3v) is 7.84. The minimum Gasteiger partial charge on any atom is -0.493 e. The summed E-state index contributed by atoms with van der Waals surface area (Å²) >= 11 is 0. The Kier molecular flexibility index (Phi) is 6.29. The van der Waals surface area contributed by atoms with E-state index in [9.17, 15) is 0 Å². The Labute approximate surface area is 205 Å². The first-order valence-electron chi connectivity index (χ1n) is 13.0. The molecule has 34 heavy (non-hydrogen) atoms. The maximum atomic E-state index is 6.38. The highest BCUT2D eigenvalue weighted by atomic mass is 16.5. The van der Waals surface area contributed by atoms with Gasteiger partial charge in [-0.25, -0.2) is 0 Å². The van der Waals surface area contributed by atoms with Crippen LogP contribution in [0, 0.1) is 0 Å². The Balaban J connectivity index is 1.50. The van der Waals surface area contributed by atoms with Crippen molar-refractivity contribution in [1.82, 2.24) is 5.32 Å². The molecule has 0 amide bonds. The van der Waals surface area contributed by atoms with E-state index >= 15 is 0 Å². The molecule has 0 radical (unpaired) electrons. The molecular weight excluding hydrogens is 414 g/mol. The van der Waals surface area contributed by atoms with Crippen molar-refractivity contribution in [3.05, 3.63) is 77.9 Å². The number of fused-ring (bicyclic) bond motifs is 1. The average molecular weight is 454 g/mol. The average Bonchev–Trinajstić information content (AvgIpc) is 3.67. The van der Waals surface area contributed by atoms with E-state index in [4.69, 9.17) is 4.74 Å². The largest absolute Gasteiger partial charge is 0.493 e. The summed E-state index contributed by atoms with van der Waals surface area (Å²) in [4.78, 5) is 0. The monoisotopic (exact) mass is 453 g/mol. The maximum Gasteiger partial charge on any atom is 0.127 e. The van der Waals surface area contributed by atoms with E-state index in [1.54, 1.807) is 0 Å². The number of rotatable bonds is 8.